The predicted molar refractivity (Wildman–Crippen MR) is 61.5 cm³/mol. The lowest BCUT2D eigenvalue weighted by molar-refractivity contribution is 0.0512. The Kier molecular flexibility index (Phi) is 3.49. The molecule has 0 aliphatic carbocycles. The van der Waals surface area contributed by atoms with Crippen molar-refractivity contribution < 1.29 is 9.53 Å². The van der Waals surface area contributed by atoms with Crippen LogP contribution in [0.3, 0.4) is 0 Å². The number of aromatic nitrogens is 3. The Labute approximate surface area is 99.1 Å². The standard InChI is InChI=1S/C12H13N3O2/c1-2-17-12(16)11-5-7-14-15(11)9-10-4-3-6-13-8-10/h3-8H,2,9H2,1H3. The molecule has 0 saturated heterocycles. The largest absolute Gasteiger partial charge is 0.461 e. The van der Waals surface area contributed by atoms with E-state index in [1.807, 2.05) is 12.1 Å². The van der Waals surface area contributed by atoms with Gasteiger partial charge in [-0.05, 0) is 24.6 Å². The van der Waals surface area contributed by atoms with Crippen LogP contribution in [-0.4, -0.2) is 27.3 Å². The van der Waals surface area contributed by atoms with Crippen molar-refractivity contribution in [2.75, 3.05) is 6.61 Å². The number of carbonyl (C=O) groups is 1. The molecule has 0 spiro atoms. The van der Waals surface area contributed by atoms with Crippen LogP contribution in [0, 0.1) is 0 Å². The first-order chi connectivity index (χ1) is 8.31. The van der Waals surface area contributed by atoms with Crippen molar-refractivity contribution in [3.05, 3.63) is 48.0 Å². The molecule has 2 heterocycles. The summed E-state index contributed by atoms with van der Waals surface area (Å²) in [5.74, 6) is -0.353. The molecule has 0 bridgehead atoms. The zero-order valence-electron chi connectivity index (χ0n) is 9.54. The molecule has 2 aromatic rings. The molecule has 5 heteroatoms. The summed E-state index contributed by atoms with van der Waals surface area (Å²) in [6, 6.07) is 5.43. The van der Waals surface area contributed by atoms with Crippen LogP contribution in [0.5, 0.6) is 0 Å². The summed E-state index contributed by atoms with van der Waals surface area (Å²) in [7, 11) is 0. The van der Waals surface area contributed by atoms with Gasteiger partial charge in [-0.2, -0.15) is 5.10 Å². The highest BCUT2D eigenvalue weighted by Crippen LogP contribution is 2.05. The van der Waals surface area contributed by atoms with Gasteiger partial charge in [0.2, 0.25) is 0 Å². The van der Waals surface area contributed by atoms with Crippen molar-refractivity contribution in [1.29, 1.82) is 0 Å². The molecular formula is C12H13N3O2. The predicted octanol–water partition coefficient (Wildman–Crippen LogP) is 1.50. The lowest BCUT2D eigenvalue weighted by Gasteiger charge is -2.06. The van der Waals surface area contributed by atoms with E-state index in [0.717, 1.165) is 5.56 Å². The van der Waals surface area contributed by atoms with E-state index >= 15 is 0 Å². The molecule has 0 fully saturated rings. The van der Waals surface area contributed by atoms with E-state index < -0.39 is 0 Å². The van der Waals surface area contributed by atoms with Crippen molar-refractivity contribution in [1.82, 2.24) is 14.8 Å². The molecule has 2 aromatic heterocycles. The molecule has 0 atom stereocenters. The lowest BCUT2D eigenvalue weighted by Crippen LogP contribution is -2.14. The van der Waals surface area contributed by atoms with Crippen molar-refractivity contribution in [3.8, 4) is 0 Å². The van der Waals surface area contributed by atoms with Gasteiger partial charge in [0.05, 0.1) is 13.2 Å². The molecule has 0 radical (unpaired) electrons. The Bertz CT molecular complexity index is 493. The molecular weight excluding hydrogens is 218 g/mol. The molecule has 88 valence electrons. The highest BCUT2D eigenvalue weighted by Gasteiger charge is 2.12. The van der Waals surface area contributed by atoms with Crippen molar-refractivity contribution >= 4 is 5.97 Å². The van der Waals surface area contributed by atoms with Gasteiger partial charge >= 0.3 is 5.97 Å². The summed E-state index contributed by atoms with van der Waals surface area (Å²) in [6.45, 7) is 2.64. The fourth-order valence-corrected chi connectivity index (χ4v) is 1.50. The van der Waals surface area contributed by atoms with Crippen LogP contribution in [0.4, 0.5) is 0 Å². The topological polar surface area (TPSA) is 57.0 Å². The second kappa shape index (κ2) is 5.25. The van der Waals surface area contributed by atoms with Crippen LogP contribution in [0.25, 0.3) is 0 Å². The summed E-state index contributed by atoms with van der Waals surface area (Å²) >= 11 is 0. The first kappa shape index (κ1) is 11.3. The fourth-order valence-electron chi connectivity index (χ4n) is 1.50. The molecule has 0 aromatic carbocycles. The number of esters is 1. The van der Waals surface area contributed by atoms with Gasteiger partial charge in [-0.3, -0.25) is 9.67 Å². The zero-order valence-corrected chi connectivity index (χ0v) is 9.54. The summed E-state index contributed by atoms with van der Waals surface area (Å²) in [4.78, 5) is 15.6. The van der Waals surface area contributed by atoms with E-state index in [9.17, 15) is 4.79 Å². The first-order valence-corrected chi connectivity index (χ1v) is 5.39. The molecule has 2 rings (SSSR count). The molecule has 0 unspecified atom stereocenters. The lowest BCUT2D eigenvalue weighted by atomic mass is 10.3. The summed E-state index contributed by atoms with van der Waals surface area (Å²) < 4.78 is 6.56. The smallest absolute Gasteiger partial charge is 0.356 e. The van der Waals surface area contributed by atoms with Crippen LogP contribution in [0.2, 0.25) is 0 Å². The second-order valence-electron chi connectivity index (χ2n) is 3.46. The molecule has 0 N–H and O–H groups in total. The Hall–Kier alpha value is -2.17. The van der Waals surface area contributed by atoms with Crippen molar-refractivity contribution in [2.24, 2.45) is 0 Å². The Morgan fingerprint density at radius 2 is 2.29 bits per heavy atom. The van der Waals surface area contributed by atoms with Gasteiger partial charge in [0, 0.05) is 18.6 Å². The van der Waals surface area contributed by atoms with Gasteiger partial charge in [0.25, 0.3) is 0 Å². The monoisotopic (exact) mass is 231 g/mol. The quantitative estimate of drug-likeness (QED) is 0.748. The van der Waals surface area contributed by atoms with Gasteiger partial charge < -0.3 is 4.74 Å². The van der Waals surface area contributed by atoms with Gasteiger partial charge in [-0.25, -0.2) is 4.79 Å². The average Bonchev–Trinajstić information content (AvgIpc) is 2.79. The number of nitrogens with zero attached hydrogens (tertiary/aromatic N) is 3. The zero-order chi connectivity index (χ0) is 12.1. The van der Waals surface area contributed by atoms with Crippen LogP contribution < -0.4 is 0 Å². The number of rotatable bonds is 4. The fraction of sp³-hybridized carbons (Fsp3) is 0.250. The van der Waals surface area contributed by atoms with Gasteiger partial charge in [-0.1, -0.05) is 6.07 Å². The highest BCUT2D eigenvalue weighted by atomic mass is 16.5. The molecule has 5 nitrogen and oxygen atoms in total. The van der Waals surface area contributed by atoms with E-state index in [1.165, 1.54) is 0 Å². The SMILES string of the molecule is CCOC(=O)c1ccnn1Cc1cccnc1. The highest BCUT2D eigenvalue weighted by molar-refractivity contribution is 5.87. The van der Waals surface area contributed by atoms with Crippen molar-refractivity contribution in [3.63, 3.8) is 0 Å². The van der Waals surface area contributed by atoms with E-state index in [0.29, 0.717) is 18.8 Å². The number of carbonyl (C=O) groups excluding carboxylic acids is 1. The number of ether oxygens (including phenoxy) is 1. The number of hydrogen-bond donors (Lipinski definition) is 0. The normalized spacial score (nSPS) is 10.2. The van der Waals surface area contributed by atoms with Crippen LogP contribution in [-0.2, 0) is 11.3 Å². The number of pyridine rings is 1. The number of hydrogen-bond acceptors (Lipinski definition) is 4. The van der Waals surface area contributed by atoms with Crippen LogP contribution in [0.15, 0.2) is 36.8 Å². The molecule has 0 saturated carbocycles. The third-order valence-corrected chi connectivity index (χ3v) is 2.26. The molecule has 17 heavy (non-hydrogen) atoms. The van der Waals surface area contributed by atoms with Gasteiger partial charge in [0.1, 0.15) is 5.69 Å². The van der Waals surface area contributed by atoms with Gasteiger partial charge in [0.15, 0.2) is 0 Å². The minimum absolute atomic E-state index is 0.353. The van der Waals surface area contributed by atoms with E-state index in [1.54, 1.807) is 36.3 Å². The van der Waals surface area contributed by atoms with E-state index in [4.69, 9.17) is 4.74 Å². The summed E-state index contributed by atoms with van der Waals surface area (Å²) in [5.41, 5.74) is 1.44. The summed E-state index contributed by atoms with van der Waals surface area (Å²) in [5, 5.41) is 4.10. The minimum Gasteiger partial charge on any atom is -0.461 e. The van der Waals surface area contributed by atoms with Crippen LogP contribution >= 0.6 is 0 Å². The van der Waals surface area contributed by atoms with E-state index in [-0.39, 0.29) is 5.97 Å². The Morgan fingerprint density at radius 3 is 3.00 bits per heavy atom. The van der Waals surface area contributed by atoms with Crippen LogP contribution in [0.1, 0.15) is 23.0 Å². The maximum Gasteiger partial charge on any atom is 0.356 e. The van der Waals surface area contributed by atoms with E-state index in [2.05, 4.69) is 10.1 Å². The maximum atomic E-state index is 11.6. The maximum absolute atomic E-state index is 11.6. The second-order valence-corrected chi connectivity index (χ2v) is 3.46. The average molecular weight is 231 g/mol. The third-order valence-electron chi connectivity index (χ3n) is 2.26. The third kappa shape index (κ3) is 2.69. The van der Waals surface area contributed by atoms with Crippen molar-refractivity contribution in [2.45, 2.75) is 13.5 Å². The molecule has 0 aliphatic rings. The minimum atomic E-state index is -0.353. The van der Waals surface area contributed by atoms with Gasteiger partial charge in [-0.15, -0.1) is 0 Å². The Balaban J connectivity index is 2.17. The Morgan fingerprint density at radius 1 is 1.41 bits per heavy atom. The first-order valence-electron chi connectivity index (χ1n) is 5.39. The molecule has 0 amide bonds. The molecule has 0 aliphatic heterocycles. The summed E-state index contributed by atoms with van der Waals surface area (Å²) in [6.07, 6.45) is 5.04.